The van der Waals surface area contributed by atoms with Gasteiger partial charge in [-0.05, 0) is 44.0 Å². The molecule has 1 N–H and O–H groups in total. The van der Waals surface area contributed by atoms with Crippen LogP contribution in [0.25, 0.3) is 0 Å². The Labute approximate surface area is 123 Å². The number of carbonyl (C=O) groups is 1. The molecule has 0 radical (unpaired) electrons. The van der Waals surface area contributed by atoms with E-state index in [0.717, 1.165) is 39.0 Å². The molecule has 2 aliphatic rings. The van der Waals surface area contributed by atoms with E-state index in [0.29, 0.717) is 10.6 Å². The number of benzene rings is 1. The fourth-order valence-electron chi connectivity index (χ4n) is 3.23. The van der Waals surface area contributed by atoms with Crippen molar-refractivity contribution in [2.75, 3.05) is 26.2 Å². The van der Waals surface area contributed by atoms with Crippen molar-refractivity contribution in [2.24, 2.45) is 5.41 Å². The van der Waals surface area contributed by atoms with Gasteiger partial charge in [-0.25, -0.2) is 4.39 Å². The van der Waals surface area contributed by atoms with Crippen LogP contribution in [0.3, 0.4) is 0 Å². The molecule has 1 atom stereocenters. The van der Waals surface area contributed by atoms with Crippen molar-refractivity contribution in [2.45, 2.75) is 19.8 Å². The highest BCUT2D eigenvalue weighted by atomic mass is 35.5. The van der Waals surface area contributed by atoms with Gasteiger partial charge in [-0.3, -0.25) is 4.79 Å². The Morgan fingerprint density at radius 3 is 2.95 bits per heavy atom. The maximum Gasteiger partial charge on any atom is 0.255 e. The first-order chi connectivity index (χ1) is 9.51. The SMILES string of the molecule is Cc1cc(Cl)c(C(=O)N2CCC3(CCNC3)C2)cc1F. The van der Waals surface area contributed by atoms with Gasteiger partial charge in [0.2, 0.25) is 0 Å². The first-order valence-corrected chi connectivity index (χ1v) is 7.34. The molecular weight excluding hydrogens is 279 g/mol. The summed E-state index contributed by atoms with van der Waals surface area (Å²) in [5.74, 6) is -0.535. The van der Waals surface area contributed by atoms with Gasteiger partial charge in [-0.1, -0.05) is 11.6 Å². The molecule has 1 aromatic carbocycles. The lowest BCUT2D eigenvalue weighted by molar-refractivity contribution is 0.0775. The van der Waals surface area contributed by atoms with Crippen molar-refractivity contribution >= 4 is 17.5 Å². The van der Waals surface area contributed by atoms with E-state index in [4.69, 9.17) is 11.6 Å². The smallest absolute Gasteiger partial charge is 0.255 e. The second-order valence-corrected chi connectivity index (χ2v) is 6.39. The van der Waals surface area contributed by atoms with Crippen LogP contribution in [-0.2, 0) is 0 Å². The molecule has 108 valence electrons. The summed E-state index contributed by atoms with van der Waals surface area (Å²) in [6.45, 7) is 5.09. The highest BCUT2D eigenvalue weighted by Crippen LogP contribution is 2.37. The number of nitrogens with zero attached hydrogens (tertiary/aromatic N) is 1. The molecule has 1 spiro atoms. The normalized spacial score (nSPS) is 25.6. The highest BCUT2D eigenvalue weighted by Gasteiger charge is 2.42. The van der Waals surface area contributed by atoms with Crippen molar-refractivity contribution in [3.05, 3.63) is 34.1 Å². The van der Waals surface area contributed by atoms with Gasteiger partial charge < -0.3 is 10.2 Å². The number of likely N-dealkylation sites (tertiary alicyclic amines) is 1. The number of carbonyl (C=O) groups excluding carboxylic acids is 1. The van der Waals surface area contributed by atoms with Crippen LogP contribution in [0.15, 0.2) is 12.1 Å². The topological polar surface area (TPSA) is 32.3 Å². The summed E-state index contributed by atoms with van der Waals surface area (Å²) in [5.41, 5.74) is 0.952. The van der Waals surface area contributed by atoms with Crippen molar-refractivity contribution < 1.29 is 9.18 Å². The third kappa shape index (κ3) is 2.31. The van der Waals surface area contributed by atoms with Gasteiger partial charge >= 0.3 is 0 Å². The molecule has 0 bridgehead atoms. The minimum absolute atomic E-state index is 0.155. The number of amides is 1. The quantitative estimate of drug-likeness (QED) is 0.864. The van der Waals surface area contributed by atoms with Crippen molar-refractivity contribution in [3.63, 3.8) is 0 Å². The van der Waals surface area contributed by atoms with E-state index in [2.05, 4.69) is 5.32 Å². The van der Waals surface area contributed by atoms with Crippen LogP contribution in [0.1, 0.15) is 28.8 Å². The zero-order valence-electron chi connectivity index (χ0n) is 11.5. The van der Waals surface area contributed by atoms with Crippen LogP contribution in [0.4, 0.5) is 4.39 Å². The number of aryl methyl sites for hydroxylation is 1. The Morgan fingerprint density at radius 2 is 2.25 bits per heavy atom. The van der Waals surface area contributed by atoms with E-state index < -0.39 is 0 Å². The molecule has 1 amide bonds. The van der Waals surface area contributed by atoms with Crippen LogP contribution in [-0.4, -0.2) is 37.0 Å². The number of rotatable bonds is 1. The summed E-state index contributed by atoms with van der Waals surface area (Å²) in [6, 6.07) is 2.78. The van der Waals surface area contributed by atoms with Crippen LogP contribution < -0.4 is 5.32 Å². The van der Waals surface area contributed by atoms with Gasteiger partial charge in [0.05, 0.1) is 10.6 Å². The van der Waals surface area contributed by atoms with E-state index in [9.17, 15) is 9.18 Å². The van der Waals surface area contributed by atoms with E-state index in [-0.39, 0.29) is 22.7 Å². The van der Waals surface area contributed by atoms with Crippen molar-refractivity contribution in [3.8, 4) is 0 Å². The molecular formula is C15H18ClFN2O. The molecule has 2 aliphatic heterocycles. The van der Waals surface area contributed by atoms with Crippen molar-refractivity contribution in [1.82, 2.24) is 10.2 Å². The van der Waals surface area contributed by atoms with E-state index in [1.54, 1.807) is 6.92 Å². The molecule has 0 aliphatic carbocycles. The average molecular weight is 297 g/mol. The Balaban J connectivity index is 1.82. The first kappa shape index (κ1) is 13.8. The molecule has 2 fully saturated rings. The predicted molar refractivity (Wildman–Crippen MR) is 76.6 cm³/mol. The number of hydrogen-bond donors (Lipinski definition) is 1. The number of hydrogen-bond acceptors (Lipinski definition) is 2. The van der Waals surface area contributed by atoms with Gasteiger partial charge in [-0.2, -0.15) is 0 Å². The Morgan fingerprint density at radius 1 is 1.45 bits per heavy atom. The minimum Gasteiger partial charge on any atom is -0.338 e. The fourth-order valence-corrected chi connectivity index (χ4v) is 3.53. The summed E-state index contributed by atoms with van der Waals surface area (Å²) < 4.78 is 13.7. The molecule has 3 rings (SSSR count). The maximum absolute atomic E-state index is 13.7. The summed E-state index contributed by atoms with van der Waals surface area (Å²) in [4.78, 5) is 14.3. The second kappa shape index (κ2) is 5.01. The van der Waals surface area contributed by atoms with Crippen molar-refractivity contribution in [1.29, 1.82) is 0 Å². The van der Waals surface area contributed by atoms with Crippen LogP contribution in [0.5, 0.6) is 0 Å². The molecule has 3 nitrogen and oxygen atoms in total. The standard InChI is InChI=1S/C15H18ClFN2O/c1-10-6-12(16)11(7-13(10)17)14(20)19-5-3-15(9-19)2-4-18-8-15/h6-7,18H,2-5,8-9H2,1H3. The minimum atomic E-state index is -0.380. The maximum atomic E-state index is 13.7. The summed E-state index contributed by atoms with van der Waals surface area (Å²) in [6.07, 6.45) is 2.12. The average Bonchev–Trinajstić information content (AvgIpc) is 3.04. The van der Waals surface area contributed by atoms with Gasteiger partial charge in [-0.15, -0.1) is 0 Å². The van der Waals surface area contributed by atoms with Crippen LogP contribution in [0, 0.1) is 18.2 Å². The van der Waals surface area contributed by atoms with Gasteiger partial charge in [0.1, 0.15) is 5.82 Å². The zero-order chi connectivity index (χ0) is 14.3. The largest absolute Gasteiger partial charge is 0.338 e. The Kier molecular flexibility index (Phi) is 3.46. The third-order valence-corrected chi connectivity index (χ3v) is 4.85. The predicted octanol–water partition coefficient (Wildman–Crippen LogP) is 2.61. The lowest BCUT2D eigenvalue weighted by Crippen LogP contribution is -2.33. The zero-order valence-corrected chi connectivity index (χ0v) is 12.3. The summed E-state index contributed by atoms with van der Waals surface area (Å²) in [5, 5.41) is 3.69. The fraction of sp³-hybridized carbons (Fsp3) is 0.533. The highest BCUT2D eigenvalue weighted by molar-refractivity contribution is 6.33. The Bertz CT molecular complexity index is 555. The summed E-state index contributed by atoms with van der Waals surface area (Å²) in [7, 11) is 0. The van der Waals surface area contributed by atoms with Crippen LogP contribution >= 0.6 is 11.6 Å². The van der Waals surface area contributed by atoms with E-state index >= 15 is 0 Å². The molecule has 1 unspecified atom stereocenters. The molecule has 0 saturated carbocycles. The third-order valence-electron chi connectivity index (χ3n) is 4.54. The number of nitrogens with one attached hydrogen (secondary N) is 1. The molecule has 2 heterocycles. The lowest BCUT2D eigenvalue weighted by atomic mass is 9.86. The van der Waals surface area contributed by atoms with E-state index in [1.165, 1.54) is 12.1 Å². The monoisotopic (exact) mass is 296 g/mol. The first-order valence-electron chi connectivity index (χ1n) is 6.96. The summed E-state index contributed by atoms with van der Waals surface area (Å²) >= 11 is 6.10. The second-order valence-electron chi connectivity index (χ2n) is 5.98. The van der Waals surface area contributed by atoms with Gasteiger partial charge in [0, 0.05) is 25.0 Å². The van der Waals surface area contributed by atoms with Gasteiger partial charge in [0.25, 0.3) is 5.91 Å². The Hall–Kier alpha value is -1.13. The molecule has 2 saturated heterocycles. The lowest BCUT2D eigenvalue weighted by Gasteiger charge is -2.23. The molecule has 20 heavy (non-hydrogen) atoms. The van der Waals surface area contributed by atoms with Crippen LogP contribution in [0.2, 0.25) is 5.02 Å². The molecule has 1 aromatic rings. The molecule has 5 heteroatoms. The number of halogens is 2. The molecule has 0 aromatic heterocycles. The van der Waals surface area contributed by atoms with E-state index in [1.807, 2.05) is 4.90 Å². The van der Waals surface area contributed by atoms with Gasteiger partial charge in [0.15, 0.2) is 0 Å².